The van der Waals surface area contributed by atoms with Gasteiger partial charge in [-0.15, -0.1) is 30.6 Å². The van der Waals surface area contributed by atoms with Gasteiger partial charge in [0.05, 0.1) is 58.6 Å². The number of furan rings is 5. The van der Waals surface area contributed by atoms with E-state index in [1.807, 2.05) is 120 Å². The van der Waals surface area contributed by atoms with Crippen LogP contribution in [0, 0.1) is 34.6 Å². The molecule has 15 aromatic rings. The number of fused-ring (bicyclic) bond motifs is 5. The Kier molecular flexibility index (Phi) is 16.4. The Morgan fingerprint density at radius 3 is 1.07 bits per heavy atom. The fraction of sp³-hybridized carbons (Fsp3) is 0.188. The lowest BCUT2D eigenvalue weighted by molar-refractivity contribution is 0.265. The van der Waals surface area contributed by atoms with Crippen molar-refractivity contribution < 1.29 is 65.0 Å². The summed E-state index contributed by atoms with van der Waals surface area (Å²) in [6.07, 6.45) is 0.469. The van der Waals surface area contributed by atoms with E-state index < -0.39 is 0 Å². The Hall–Kier alpha value is -10.2. The molecule has 2 aliphatic heterocycles. The minimum Gasteiger partial charge on any atom is -0.507 e. The van der Waals surface area contributed by atoms with E-state index in [0.717, 1.165) is 116 Å². The van der Waals surface area contributed by atoms with Crippen LogP contribution >= 0.6 is 34.0 Å². The smallest absolute Gasteiger partial charge is 0.202 e. The van der Waals surface area contributed by atoms with Crippen LogP contribution in [0.15, 0.2) is 165 Å². The number of benzene rings is 5. The molecule has 2 atom stereocenters. The number of phenolic OH excluding ortho intramolecular Hbond substituents is 2. The molecule has 17 rings (SSSR count). The lowest BCUT2D eigenvalue weighted by atomic mass is 10.2. The molecule has 5 aromatic carbocycles. The molecule has 10 aromatic heterocycles. The number of epoxide rings is 2. The summed E-state index contributed by atoms with van der Waals surface area (Å²) in [7, 11) is 1.65. The van der Waals surface area contributed by atoms with Crippen LogP contribution < -0.4 is 14.2 Å². The molecular weight excluding hydrogens is 1200 g/mol. The van der Waals surface area contributed by atoms with Gasteiger partial charge < -0.3 is 65.0 Å². The van der Waals surface area contributed by atoms with E-state index in [1.165, 1.54) is 34.0 Å². The van der Waals surface area contributed by atoms with E-state index in [9.17, 15) is 10.2 Å². The molecule has 12 heterocycles. The van der Waals surface area contributed by atoms with Crippen LogP contribution in [0.4, 0.5) is 0 Å². The summed E-state index contributed by atoms with van der Waals surface area (Å²) in [5.74, 6) is 7.33. The molecule has 22 nitrogen and oxygen atoms in total. The van der Waals surface area contributed by atoms with Gasteiger partial charge in [0, 0.05) is 12.1 Å². The van der Waals surface area contributed by atoms with Gasteiger partial charge in [0.25, 0.3) is 0 Å². The fourth-order valence-electron chi connectivity index (χ4n) is 9.02. The van der Waals surface area contributed by atoms with Gasteiger partial charge in [-0.05, 0) is 126 Å². The first kappa shape index (κ1) is 57.9. The third-order valence-electron chi connectivity index (χ3n) is 13.5. The molecule has 2 saturated heterocycles. The number of ether oxygens (including phenoxy) is 5. The van der Waals surface area contributed by atoms with Gasteiger partial charge in [-0.2, -0.15) is 0 Å². The van der Waals surface area contributed by atoms with E-state index in [0.29, 0.717) is 64.0 Å². The summed E-state index contributed by atoms with van der Waals surface area (Å²) in [5, 5.41) is 60.3. The lowest BCUT2D eigenvalue weighted by Crippen LogP contribution is -2.03. The maximum absolute atomic E-state index is 9.64. The summed E-state index contributed by atoms with van der Waals surface area (Å²) < 4.78 is 66.0. The molecule has 2 aliphatic rings. The second kappa shape index (κ2) is 25.3. The minimum absolute atomic E-state index is 0.198. The Bertz CT molecular complexity index is 4670. The molecule has 2 N–H and O–H groups in total. The highest BCUT2D eigenvalue weighted by molar-refractivity contribution is 7.15. The second-order valence-electron chi connectivity index (χ2n) is 20.2. The van der Waals surface area contributed by atoms with E-state index in [2.05, 4.69) is 40.9 Å². The highest BCUT2D eigenvalue weighted by atomic mass is 32.1. The van der Waals surface area contributed by atoms with Crippen molar-refractivity contribution in [3.05, 3.63) is 160 Å². The highest BCUT2D eigenvalue weighted by Gasteiger charge is 2.25. The molecule has 0 aliphatic carbocycles. The van der Waals surface area contributed by atoms with Gasteiger partial charge in [0.1, 0.15) is 97.1 Å². The predicted molar refractivity (Wildman–Crippen MR) is 333 cm³/mol. The largest absolute Gasteiger partial charge is 0.507 e. The van der Waals surface area contributed by atoms with Crippen LogP contribution in [-0.4, -0.2) is 96.9 Å². The van der Waals surface area contributed by atoms with Crippen molar-refractivity contribution in [2.75, 3.05) is 33.5 Å². The SMILES string of the molecule is COc1cccc2oc(-c3nnc(C)s3)cc12.Cc1cc(-c2cc3c(O)cccc3o2)on1.Cc1cc(-c2cc3c(OC[C@@H]4CO4)cccc3o2)on1.Cc1nnc(-c2cc3c(O)cccc3o2)s1.Cc1nnc(-c2cc3c(OC[C@@H]4CO4)cccc3o2)s1. The molecule has 89 heavy (non-hydrogen) atoms. The number of aromatic hydroxyl groups is 2. The maximum Gasteiger partial charge on any atom is 0.202 e. The summed E-state index contributed by atoms with van der Waals surface area (Å²) in [5.41, 5.74) is 5.26. The Balaban J connectivity index is 0.000000103. The molecule has 450 valence electrons. The molecule has 0 saturated carbocycles. The Morgan fingerprint density at radius 2 is 0.730 bits per heavy atom. The molecule has 0 spiro atoms. The maximum atomic E-state index is 9.64. The highest BCUT2D eigenvalue weighted by Crippen LogP contribution is 2.39. The molecule has 0 unspecified atom stereocenters. The topological polar surface area (TPSA) is 288 Å². The zero-order valence-electron chi connectivity index (χ0n) is 48.3. The van der Waals surface area contributed by atoms with Crippen molar-refractivity contribution in [1.82, 2.24) is 40.9 Å². The third kappa shape index (κ3) is 13.4. The summed E-state index contributed by atoms with van der Waals surface area (Å²) in [6.45, 7) is 12.2. The number of methoxy groups -OCH3 is 1. The van der Waals surface area contributed by atoms with Crippen molar-refractivity contribution in [2.45, 2.75) is 46.8 Å². The van der Waals surface area contributed by atoms with Gasteiger partial charge in [-0.1, -0.05) is 74.7 Å². The van der Waals surface area contributed by atoms with Gasteiger partial charge >= 0.3 is 0 Å². The average Bonchev–Trinajstić information content (AvgIpc) is 2.53. The van der Waals surface area contributed by atoms with Gasteiger partial charge in [0.2, 0.25) is 11.5 Å². The first-order valence-electron chi connectivity index (χ1n) is 27.7. The first-order valence-corrected chi connectivity index (χ1v) is 30.1. The fourth-order valence-corrected chi connectivity index (χ4v) is 11.0. The van der Waals surface area contributed by atoms with Crippen molar-refractivity contribution in [1.29, 1.82) is 0 Å². The zero-order chi connectivity index (χ0) is 61.1. The van der Waals surface area contributed by atoms with Crippen LogP contribution in [0.5, 0.6) is 28.7 Å². The molecule has 0 amide bonds. The zero-order valence-corrected chi connectivity index (χ0v) is 50.7. The molecule has 0 radical (unpaired) electrons. The van der Waals surface area contributed by atoms with Crippen molar-refractivity contribution in [2.24, 2.45) is 0 Å². The Labute approximate surface area is 516 Å². The van der Waals surface area contributed by atoms with E-state index in [-0.39, 0.29) is 23.7 Å². The van der Waals surface area contributed by atoms with Gasteiger partial charge in [-0.25, -0.2) is 0 Å². The van der Waals surface area contributed by atoms with Gasteiger partial charge in [-0.3, -0.25) is 0 Å². The van der Waals surface area contributed by atoms with Crippen molar-refractivity contribution in [3.63, 3.8) is 0 Å². The summed E-state index contributed by atoms with van der Waals surface area (Å²) >= 11 is 4.49. The van der Waals surface area contributed by atoms with Crippen LogP contribution in [0.3, 0.4) is 0 Å². The number of hydrogen-bond donors (Lipinski definition) is 2. The molecule has 0 bridgehead atoms. The monoisotopic (exact) mass is 1250 g/mol. The standard InChI is InChI=1S/C15H13NO4.C14H12N2O3S.C12H10N2O2S.C12H9NO3.C11H8N2O2S/c1-9-5-15(20-16-9)14-6-11-12(18-8-10-7-17-10)3-2-4-13(11)19-14;1-8-15-16-14(20-8)13-5-10-11(18-7-9-6-17-9)3-2-4-12(10)19-13;1-7-13-14-12(17-7)11-6-8-9(15-2)4-3-5-10(8)16-11;1-7-5-12(16-13-7)11-6-8-9(14)3-2-4-10(8)15-11;1-6-12-13-11(16-6)10-5-7-8(14)3-2-4-9(7)15-10/h2-6,10H,7-8H2,1H3;2-5,9H,6-7H2,1H3;3-6H,1-2H3;2-6,14H,1H3;2-5,14H,1H3/t10-;9-;;;/m00.../s1. The quantitative estimate of drug-likeness (QED) is 0.107. The Morgan fingerprint density at radius 1 is 0.404 bits per heavy atom. The lowest BCUT2D eigenvalue weighted by Gasteiger charge is -2.04. The van der Waals surface area contributed by atoms with Crippen LogP contribution in [0.2, 0.25) is 0 Å². The first-order chi connectivity index (χ1) is 43.3. The number of rotatable bonds is 12. The minimum atomic E-state index is 0.198. The van der Waals surface area contributed by atoms with Crippen LogP contribution in [-0.2, 0) is 9.47 Å². The third-order valence-corrected chi connectivity index (χ3v) is 16.0. The number of aryl methyl sites for hydroxylation is 5. The number of hydrogen-bond acceptors (Lipinski definition) is 25. The van der Waals surface area contributed by atoms with Crippen molar-refractivity contribution in [3.8, 4) is 84.1 Å². The number of aromatic nitrogens is 8. The van der Waals surface area contributed by atoms with E-state index >= 15 is 0 Å². The summed E-state index contributed by atoms with van der Waals surface area (Å²) in [6, 6.07) is 40.5. The average molecular weight is 1250 g/mol. The second-order valence-corrected chi connectivity index (χ2v) is 23.8. The van der Waals surface area contributed by atoms with Crippen LogP contribution in [0.25, 0.3) is 110 Å². The molecular formula is C64H52N8O14S3. The van der Waals surface area contributed by atoms with E-state index in [1.54, 1.807) is 55.6 Å². The number of phenols is 2. The predicted octanol–water partition coefficient (Wildman–Crippen LogP) is 15.5. The number of nitrogens with zero attached hydrogens (tertiary/aromatic N) is 8. The van der Waals surface area contributed by atoms with Gasteiger partial charge in [0.15, 0.2) is 43.8 Å². The van der Waals surface area contributed by atoms with Crippen LogP contribution in [0.1, 0.15) is 26.4 Å². The molecule has 25 heteroatoms. The summed E-state index contributed by atoms with van der Waals surface area (Å²) in [4.78, 5) is 0. The molecule has 2 fully saturated rings. The normalized spacial score (nSPS) is 14.0. The van der Waals surface area contributed by atoms with E-state index in [4.69, 9.17) is 54.8 Å². The van der Waals surface area contributed by atoms with Crippen molar-refractivity contribution >= 4 is 88.9 Å².